The number of hydrogen-bond donors (Lipinski definition) is 1. The summed E-state index contributed by atoms with van der Waals surface area (Å²) in [7, 11) is -3.30. The Morgan fingerprint density at radius 3 is 2.00 bits per heavy atom. The van der Waals surface area contributed by atoms with Gasteiger partial charge in [-0.15, -0.1) is 0 Å². The van der Waals surface area contributed by atoms with E-state index >= 15 is 0 Å². The van der Waals surface area contributed by atoms with Crippen LogP contribution in [0.25, 0.3) is 0 Å². The van der Waals surface area contributed by atoms with E-state index < -0.39 is 10.2 Å². The minimum atomic E-state index is -3.30. The first-order chi connectivity index (χ1) is 9.07. The van der Waals surface area contributed by atoms with Crippen LogP contribution in [0.2, 0.25) is 0 Å². The van der Waals surface area contributed by atoms with Crippen molar-refractivity contribution >= 4 is 10.2 Å². The normalized spacial score (nSPS) is 18.4. The number of hydrogen-bond acceptors (Lipinski definition) is 3. The van der Waals surface area contributed by atoms with Crippen LogP contribution in [0.5, 0.6) is 0 Å². The van der Waals surface area contributed by atoms with E-state index in [-0.39, 0.29) is 6.04 Å². The molecule has 1 aliphatic rings. The molecule has 5 nitrogen and oxygen atoms in total. The maximum atomic E-state index is 12.8. The molecule has 0 spiro atoms. The minimum absolute atomic E-state index is 0.160. The van der Waals surface area contributed by atoms with Crippen LogP contribution in [0.15, 0.2) is 0 Å². The minimum Gasteiger partial charge on any atom is -0.317 e. The third-order valence-corrected chi connectivity index (χ3v) is 5.76. The van der Waals surface area contributed by atoms with Gasteiger partial charge in [0.15, 0.2) is 0 Å². The second-order valence-electron chi connectivity index (χ2n) is 5.09. The lowest BCUT2D eigenvalue weighted by molar-refractivity contribution is 0.247. The first-order valence-corrected chi connectivity index (χ1v) is 8.95. The van der Waals surface area contributed by atoms with E-state index in [2.05, 4.69) is 5.32 Å². The summed E-state index contributed by atoms with van der Waals surface area (Å²) in [6, 6.07) is 0.160. The summed E-state index contributed by atoms with van der Waals surface area (Å²) < 4.78 is 28.9. The first kappa shape index (κ1) is 16.9. The molecule has 1 N–H and O–H groups in total. The largest absolute Gasteiger partial charge is 0.317 e. The van der Waals surface area contributed by atoms with E-state index in [1.807, 2.05) is 20.8 Å². The summed E-state index contributed by atoms with van der Waals surface area (Å²) in [4.78, 5) is 0. The number of nitrogens with zero attached hydrogens (tertiary/aromatic N) is 2. The van der Waals surface area contributed by atoms with E-state index in [9.17, 15) is 8.42 Å². The molecule has 1 fully saturated rings. The molecule has 1 saturated heterocycles. The zero-order valence-corrected chi connectivity index (χ0v) is 13.4. The summed E-state index contributed by atoms with van der Waals surface area (Å²) in [6.07, 6.45) is 3.56. The van der Waals surface area contributed by atoms with Gasteiger partial charge in [0, 0.05) is 25.7 Å². The van der Waals surface area contributed by atoms with Crippen LogP contribution in [-0.4, -0.2) is 55.8 Å². The lowest BCUT2D eigenvalue weighted by atomic mass is 10.1. The van der Waals surface area contributed by atoms with Crippen molar-refractivity contribution in [1.29, 1.82) is 0 Å². The van der Waals surface area contributed by atoms with E-state index in [1.165, 1.54) is 0 Å². The average molecular weight is 291 g/mol. The van der Waals surface area contributed by atoms with Gasteiger partial charge >= 0.3 is 0 Å². The number of piperidine rings is 1. The molecule has 1 rings (SSSR count). The fraction of sp³-hybridized carbons (Fsp3) is 1.00. The monoisotopic (exact) mass is 291 g/mol. The van der Waals surface area contributed by atoms with Gasteiger partial charge in [-0.05, 0) is 38.8 Å². The third kappa shape index (κ3) is 4.41. The molecule has 0 bridgehead atoms. The fourth-order valence-electron chi connectivity index (χ4n) is 2.69. The van der Waals surface area contributed by atoms with Crippen LogP contribution in [-0.2, 0) is 10.2 Å². The molecule has 19 heavy (non-hydrogen) atoms. The van der Waals surface area contributed by atoms with E-state index in [0.717, 1.165) is 38.8 Å². The highest BCUT2D eigenvalue weighted by atomic mass is 32.2. The van der Waals surface area contributed by atoms with Crippen LogP contribution in [0.3, 0.4) is 0 Å². The Labute approximate surface area is 118 Å². The number of rotatable bonds is 8. The molecular weight excluding hydrogens is 262 g/mol. The zero-order valence-electron chi connectivity index (χ0n) is 12.6. The molecule has 0 aromatic heterocycles. The van der Waals surface area contributed by atoms with Gasteiger partial charge in [0.25, 0.3) is 10.2 Å². The van der Waals surface area contributed by atoms with Gasteiger partial charge in [0.2, 0.25) is 0 Å². The van der Waals surface area contributed by atoms with Crippen LogP contribution < -0.4 is 5.32 Å². The Hall–Kier alpha value is -0.170. The molecule has 0 saturated carbocycles. The van der Waals surface area contributed by atoms with Gasteiger partial charge in [0.05, 0.1) is 0 Å². The molecule has 1 aliphatic heterocycles. The smallest absolute Gasteiger partial charge is 0.282 e. The highest BCUT2D eigenvalue weighted by Gasteiger charge is 2.33. The number of nitrogens with one attached hydrogen (secondary N) is 1. The molecule has 6 heteroatoms. The predicted molar refractivity (Wildman–Crippen MR) is 79.3 cm³/mol. The quantitative estimate of drug-likeness (QED) is 0.736. The predicted octanol–water partition coefficient (Wildman–Crippen LogP) is 1.43. The Morgan fingerprint density at radius 2 is 1.58 bits per heavy atom. The summed E-state index contributed by atoms with van der Waals surface area (Å²) in [5.41, 5.74) is 0. The van der Waals surface area contributed by atoms with Crippen LogP contribution in [0.1, 0.15) is 46.5 Å². The van der Waals surface area contributed by atoms with Crippen LogP contribution in [0.4, 0.5) is 0 Å². The van der Waals surface area contributed by atoms with Gasteiger partial charge in [-0.25, -0.2) is 0 Å². The van der Waals surface area contributed by atoms with Crippen molar-refractivity contribution in [3.8, 4) is 0 Å². The molecular formula is C13H29N3O2S. The maximum absolute atomic E-state index is 12.8. The summed E-state index contributed by atoms with van der Waals surface area (Å²) in [6.45, 7) is 9.64. The molecule has 0 radical (unpaired) electrons. The van der Waals surface area contributed by atoms with Gasteiger partial charge in [-0.3, -0.25) is 0 Å². The maximum Gasteiger partial charge on any atom is 0.282 e. The molecule has 0 aromatic carbocycles. The summed E-state index contributed by atoms with van der Waals surface area (Å²) in [5.74, 6) is 0. The van der Waals surface area contributed by atoms with Gasteiger partial charge in [0.1, 0.15) is 0 Å². The van der Waals surface area contributed by atoms with Crippen molar-refractivity contribution in [1.82, 2.24) is 13.9 Å². The Morgan fingerprint density at radius 1 is 1.05 bits per heavy atom. The topological polar surface area (TPSA) is 52.7 Å². The summed E-state index contributed by atoms with van der Waals surface area (Å²) >= 11 is 0. The molecule has 114 valence electrons. The molecule has 0 aromatic rings. The van der Waals surface area contributed by atoms with Gasteiger partial charge < -0.3 is 5.32 Å². The Balaban J connectivity index is 2.85. The van der Waals surface area contributed by atoms with Gasteiger partial charge in [-0.2, -0.15) is 17.0 Å². The molecule has 0 atom stereocenters. The highest BCUT2D eigenvalue weighted by Crippen LogP contribution is 2.19. The summed E-state index contributed by atoms with van der Waals surface area (Å²) in [5, 5.41) is 3.29. The standard InChI is InChI=1S/C13H29N3O2S/c1-4-11-15(12-5-2)19(17,18)16(6-3)13-7-9-14-10-8-13/h13-14H,4-12H2,1-3H3. The second-order valence-corrected chi connectivity index (χ2v) is 6.97. The highest BCUT2D eigenvalue weighted by molar-refractivity contribution is 7.86. The fourth-order valence-corrected chi connectivity index (χ4v) is 4.73. The van der Waals surface area contributed by atoms with Crippen LogP contribution in [0, 0.1) is 0 Å². The Bertz CT molecular complexity index is 334. The lowest BCUT2D eigenvalue weighted by Crippen LogP contribution is -2.51. The Kier molecular flexibility index (Phi) is 7.28. The van der Waals surface area contributed by atoms with Crippen molar-refractivity contribution in [2.45, 2.75) is 52.5 Å². The first-order valence-electron chi connectivity index (χ1n) is 7.55. The molecule has 0 unspecified atom stereocenters. The van der Waals surface area contributed by atoms with Crippen molar-refractivity contribution < 1.29 is 8.42 Å². The van der Waals surface area contributed by atoms with E-state index in [1.54, 1.807) is 8.61 Å². The molecule has 0 aliphatic carbocycles. The molecule has 1 heterocycles. The van der Waals surface area contributed by atoms with Gasteiger partial charge in [-0.1, -0.05) is 20.8 Å². The van der Waals surface area contributed by atoms with Crippen LogP contribution >= 0.6 is 0 Å². The third-order valence-electron chi connectivity index (χ3n) is 3.60. The van der Waals surface area contributed by atoms with Crippen molar-refractivity contribution in [3.63, 3.8) is 0 Å². The molecule has 0 amide bonds. The van der Waals surface area contributed by atoms with Crippen molar-refractivity contribution in [2.24, 2.45) is 0 Å². The average Bonchev–Trinajstić information content (AvgIpc) is 2.40. The zero-order chi connectivity index (χ0) is 14.3. The van der Waals surface area contributed by atoms with Crippen molar-refractivity contribution in [3.05, 3.63) is 0 Å². The second kappa shape index (κ2) is 8.19. The van der Waals surface area contributed by atoms with E-state index in [4.69, 9.17) is 0 Å². The lowest BCUT2D eigenvalue weighted by Gasteiger charge is -2.36. The van der Waals surface area contributed by atoms with Crippen molar-refractivity contribution in [2.75, 3.05) is 32.7 Å². The SMILES string of the molecule is CCCN(CCC)S(=O)(=O)N(CC)C1CCNCC1. The van der Waals surface area contributed by atoms with E-state index in [0.29, 0.717) is 19.6 Å².